The van der Waals surface area contributed by atoms with Crippen molar-refractivity contribution in [2.24, 2.45) is 11.7 Å². The molecule has 0 aliphatic heterocycles. The number of hydrogen-bond donors (Lipinski definition) is 1. The van der Waals surface area contributed by atoms with E-state index in [1.54, 1.807) is 0 Å². The maximum atomic E-state index is 12.3. The van der Waals surface area contributed by atoms with E-state index in [0.29, 0.717) is 5.92 Å². The Bertz CT molecular complexity index is 341. The molecule has 1 nitrogen and oxygen atoms in total. The Balaban J connectivity index is 2.67. The highest BCUT2D eigenvalue weighted by Gasteiger charge is 2.30. The van der Waals surface area contributed by atoms with E-state index in [-0.39, 0.29) is 6.04 Å². The van der Waals surface area contributed by atoms with E-state index in [4.69, 9.17) is 5.73 Å². The lowest BCUT2D eigenvalue weighted by atomic mass is 9.97. The average Bonchev–Trinajstić information content (AvgIpc) is 2.25. The lowest BCUT2D eigenvalue weighted by molar-refractivity contribution is -0.137. The molecule has 1 aromatic carbocycles. The van der Waals surface area contributed by atoms with Gasteiger partial charge < -0.3 is 5.73 Å². The molecule has 0 aliphatic carbocycles. The number of alkyl halides is 3. The van der Waals surface area contributed by atoms with Crippen molar-refractivity contribution in [2.75, 3.05) is 0 Å². The second-order valence-corrected chi connectivity index (χ2v) is 4.70. The van der Waals surface area contributed by atoms with E-state index in [0.717, 1.165) is 30.5 Å². The molecule has 0 aliphatic rings. The maximum Gasteiger partial charge on any atom is 0.416 e. The first-order valence-corrected chi connectivity index (χ1v) is 5.73. The molecule has 0 aromatic heterocycles. The fraction of sp³-hybridized carbons (Fsp3) is 0.538. The smallest absolute Gasteiger partial charge is 0.324 e. The van der Waals surface area contributed by atoms with Crippen LogP contribution in [0.5, 0.6) is 0 Å². The topological polar surface area (TPSA) is 26.0 Å². The molecule has 1 aromatic rings. The van der Waals surface area contributed by atoms with Crippen LogP contribution in [0.4, 0.5) is 13.2 Å². The van der Waals surface area contributed by atoms with Gasteiger partial charge in [0.25, 0.3) is 0 Å². The molecule has 0 radical (unpaired) electrons. The van der Waals surface area contributed by atoms with Gasteiger partial charge in [0.05, 0.1) is 5.56 Å². The summed E-state index contributed by atoms with van der Waals surface area (Å²) in [6.07, 6.45) is -2.51. The highest BCUT2D eigenvalue weighted by atomic mass is 19.4. The summed E-state index contributed by atoms with van der Waals surface area (Å²) in [6, 6.07) is 4.93. The van der Waals surface area contributed by atoms with Gasteiger partial charge in [-0.1, -0.05) is 26.0 Å². The van der Waals surface area contributed by atoms with Gasteiger partial charge >= 0.3 is 6.18 Å². The SMILES string of the molecule is CC(C)CC[C@@H](N)c1ccc(C(F)(F)F)cc1. The van der Waals surface area contributed by atoms with Gasteiger partial charge in [-0.15, -0.1) is 0 Å². The molecule has 0 bridgehead atoms. The Morgan fingerprint density at radius 3 is 2.00 bits per heavy atom. The molecule has 0 heterocycles. The van der Waals surface area contributed by atoms with E-state index >= 15 is 0 Å². The highest BCUT2D eigenvalue weighted by molar-refractivity contribution is 5.26. The van der Waals surface area contributed by atoms with Gasteiger partial charge in [0.1, 0.15) is 0 Å². The largest absolute Gasteiger partial charge is 0.416 e. The summed E-state index contributed by atoms with van der Waals surface area (Å²) < 4.78 is 37.0. The van der Waals surface area contributed by atoms with Crippen LogP contribution in [0.25, 0.3) is 0 Å². The van der Waals surface area contributed by atoms with Gasteiger partial charge in [-0.3, -0.25) is 0 Å². The number of benzene rings is 1. The molecular formula is C13H18F3N. The van der Waals surface area contributed by atoms with E-state index in [2.05, 4.69) is 13.8 Å². The molecule has 2 N–H and O–H groups in total. The summed E-state index contributed by atoms with van der Waals surface area (Å²) >= 11 is 0. The molecule has 0 fully saturated rings. The lowest BCUT2D eigenvalue weighted by Crippen LogP contribution is -2.12. The third kappa shape index (κ3) is 4.38. The Labute approximate surface area is 99.8 Å². The normalized spacial score (nSPS) is 14.1. The van der Waals surface area contributed by atoms with Crippen LogP contribution in [-0.4, -0.2) is 0 Å². The number of halogens is 3. The standard InChI is InChI=1S/C13H18F3N/c1-9(2)3-8-12(17)10-4-6-11(7-5-10)13(14,15)16/h4-7,9,12H,3,8,17H2,1-2H3/t12-/m1/s1. The fourth-order valence-corrected chi connectivity index (χ4v) is 1.60. The zero-order chi connectivity index (χ0) is 13.1. The zero-order valence-electron chi connectivity index (χ0n) is 10.1. The van der Waals surface area contributed by atoms with Crippen molar-refractivity contribution in [1.29, 1.82) is 0 Å². The number of hydrogen-bond acceptors (Lipinski definition) is 1. The van der Waals surface area contributed by atoms with E-state index < -0.39 is 11.7 Å². The van der Waals surface area contributed by atoms with Crippen molar-refractivity contribution in [3.8, 4) is 0 Å². The van der Waals surface area contributed by atoms with Gasteiger partial charge in [-0.05, 0) is 36.5 Å². The van der Waals surface area contributed by atoms with Crippen molar-refractivity contribution >= 4 is 0 Å². The van der Waals surface area contributed by atoms with Crippen LogP contribution < -0.4 is 5.73 Å². The molecular weight excluding hydrogens is 227 g/mol. The average molecular weight is 245 g/mol. The molecule has 96 valence electrons. The molecule has 0 saturated carbocycles. The molecule has 0 saturated heterocycles. The van der Waals surface area contributed by atoms with Crippen molar-refractivity contribution in [2.45, 2.75) is 38.9 Å². The third-order valence-corrected chi connectivity index (χ3v) is 2.72. The third-order valence-electron chi connectivity index (χ3n) is 2.72. The van der Waals surface area contributed by atoms with Gasteiger partial charge in [0, 0.05) is 6.04 Å². The predicted octanol–water partition coefficient (Wildman–Crippen LogP) is 4.14. The molecule has 1 rings (SSSR count). The van der Waals surface area contributed by atoms with Crippen LogP contribution in [0.2, 0.25) is 0 Å². The summed E-state index contributed by atoms with van der Waals surface area (Å²) in [4.78, 5) is 0. The summed E-state index contributed by atoms with van der Waals surface area (Å²) in [7, 11) is 0. The molecule has 0 spiro atoms. The Morgan fingerprint density at radius 1 is 1.06 bits per heavy atom. The minimum atomic E-state index is -4.28. The van der Waals surface area contributed by atoms with Crippen LogP contribution in [0.3, 0.4) is 0 Å². The van der Waals surface area contributed by atoms with Crippen LogP contribution in [0.1, 0.15) is 43.9 Å². The molecule has 1 atom stereocenters. The van der Waals surface area contributed by atoms with Crippen LogP contribution in [0, 0.1) is 5.92 Å². The Kier molecular flexibility index (Phi) is 4.57. The van der Waals surface area contributed by atoms with Crippen molar-refractivity contribution in [3.05, 3.63) is 35.4 Å². The minimum Gasteiger partial charge on any atom is -0.324 e. The first kappa shape index (κ1) is 14.0. The number of rotatable bonds is 4. The van der Waals surface area contributed by atoms with Crippen LogP contribution in [0.15, 0.2) is 24.3 Å². The summed E-state index contributed by atoms with van der Waals surface area (Å²) in [6.45, 7) is 4.19. The van der Waals surface area contributed by atoms with Crippen LogP contribution >= 0.6 is 0 Å². The molecule has 17 heavy (non-hydrogen) atoms. The first-order valence-electron chi connectivity index (χ1n) is 5.73. The highest BCUT2D eigenvalue weighted by Crippen LogP contribution is 2.30. The molecule has 4 heteroatoms. The van der Waals surface area contributed by atoms with E-state index in [9.17, 15) is 13.2 Å². The van der Waals surface area contributed by atoms with E-state index in [1.165, 1.54) is 12.1 Å². The van der Waals surface area contributed by atoms with Crippen molar-refractivity contribution in [3.63, 3.8) is 0 Å². The van der Waals surface area contributed by atoms with Gasteiger partial charge in [-0.2, -0.15) is 13.2 Å². The fourth-order valence-electron chi connectivity index (χ4n) is 1.60. The molecule has 0 amide bonds. The lowest BCUT2D eigenvalue weighted by Gasteiger charge is -2.14. The quantitative estimate of drug-likeness (QED) is 0.847. The Hall–Kier alpha value is -1.03. The summed E-state index contributed by atoms with van der Waals surface area (Å²) in [5.74, 6) is 0.551. The second-order valence-electron chi connectivity index (χ2n) is 4.70. The molecule has 0 unspecified atom stereocenters. The first-order chi connectivity index (χ1) is 7.80. The van der Waals surface area contributed by atoms with Crippen molar-refractivity contribution < 1.29 is 13.2 Å². The number of nitrogens with two attached hydrogens (primary N) is 1. The van der Waals surface area contributed by atoms with Gasteiger partial charge in [0.15, 0.2) is 0 Å². The Morgan fingerprint density at radius 2 is 1.59 bits per heavy atom. The predicted molar refractivity (Wildman–Crippen MR) is 62.4 cm³/mol. The van der Waals surface area contributed by atoms with Crippen molar-refractivity contribution in [1.82, 2.24) is 0 Å². The van der Waals surface area contributed by atoms with Crippen LogP contribution in [-0.2, 0) is 6.18 Å². The monoisotopic (exact) mass is 245 g/mol. The van der Waals surface area contributed by atoms with Gasteiger partial charge in [-0.25, -0.2) is 0 Å². The zero-order valence-corrected chi connectivity index (χ0v) is 10.1. The van der Waals surface area contributed by atoms with Gasteiger partial charge in [0.2, 0.25) is 0 Å². The minimum absolute atomic E-state index is 0.181. The second kappa shape index (κ2) is 5.54. The summed E-state index contributed by atoms with van der Waals surface area (Å²) in [5, 5.41) is 0. The maximum absolute atomic E-state index is 12.3. The van der Waals surface area contributed by atoms with E-state index in [1.807, 2.05) is 0 Å². The summed E-state index contributed by atoms with van der Waals surface area (Å²) in [5.41, 5.74) is 6.06.